The molecule has 132 valence electrons. The first-order chi connectivity index (χ1) is 12.5. The summed E-state index contributed by atoms with van der Waals surface area (Å²) in [4.78, 5) is 12.6. The quantitative estimate of drug-likeness (QED) is 0.551. The van der Waals surface area contributed by atoms with E-state index in [9.17, 15) is 4.79 Å². The van der Waals surface area contributed by atoms with Crippen LogP contribution in [0.3, 0.4) is 0 Å². The van der Waals surface area contributed by atoms with Crippen molar-refractivity contribution in [3.8, 4) is 0 Å². The molecule has 1 unspecified atom stereocenters. The van der Waals surface area contributed by atoms with E-state index in [2.05, 4.69) is 10.6 Å². The van der Waals surface area contributed by atoms with Gasteiger partial charge >= 0.3 is 6.03 Å². The molecule has 0 saturated heterocycles. The Kier molecular flexibility index (Phi) is 5.82. The molecule has 0 aliphatic heterocycles. The minimum atomic E-state index is -0.329. The molecule has 2 N–H and O–H groups in total. The molecule has 0 aliphatic carbocycles. The fourth-order valence-electron chi connectivity index (χ4n) is 2.73. The molecule has 0 aromatic heterocycles. The largest absolute Gasteiger partial charge is 0.327 e. The third kappa shape index (κ3) is 4.37. The van der Waals surface area contributed by atoms with Crippen molar-refractivity contribution >= 4 is 34.9 Å². The summed E-state index contributed by atoms with van der Waals surface area (Å²) < 4.78 is 0. The van der Waals surface area contributed by atoms with Crippen molar-refractivity contribution in [2.75, 3.05) is 5.32 Å². The molecule has 0 bridgehead atoms. The second-order valence-corrected chi connectivity index (χ2v) is 6.77. The molecule has 0 spiro atoms. The van der Waals surface area contributed by atoms with E-state index in [0.29, 0.717) is 15.7 Å². The molecule has 0 fully saturated rings. The standard InChI is InChI=1S/C21H18Cl2N2O/c1-14-6-5-9-18(23)19(14)24-21(26)25-20(15-7-3-2-4-8-15)16-10-12-17(22)13-11-16/h2-13,20H,1H3,(H2,24,25,26). The first-order valence-corrected chi connectivity index (χ1v) is 8.93. The fourth-order valence-corrected chi connectivity index (χ4v) is 3.13. The lowest BCUT2D eigenvalue weighted by Crippen LogP contribution is -2.33. The van der Waals surface area contributed by atoms with Gasteiger partial charge in [-0.1, -0.05) is 77.8 Å². The molecule has 0 aliphatic rings. The first-order valence-electron chi connectivity index (χ1n) is 8.17. The van der Waals surface area contributed by atoms with Crippen LogP contribution in [-0.2, 0) is 0 Å². The van der Waals surface area contributed by atoms with Crippen LogP contribution in [0.15, 0.2) is 72.8 Å². The van der Waals surface area contributed by atoms with Crippen molar-refractivity contribution in [1.29, 1.82) is 0 Å². The van der Waals surface area contributed by atoms with Gasteiger partial charge in [-0.05, 0) is 41.8 Å². The predicted octanol–water partition coefficient (Wildman–Crippen LogP) is 6.21. The van der Waals surface area contributed by atoms with Gasteiger partial charge in [0.25, 0.3) is 0 Å². The molecule has 3 aromatic rings. The number of nitrogens with one attached hydrogen (secondary N) is 2. The van der Waals surface area contributed by atoms with E-state index in [1.165, 1.54) is 0 Å². The average Bonchev–Trinajstić information content (AvgIpc) is 2.64. The van der Waals surface area contributed by atoms with Crippen LogP contribution in [0.25, 0.3) is 0 Å². The number of benzene rings is 3. The number of hydrogen-bond donors (Lipinski definition) is 2. The van der Waals surface area contributed by atoms with E-state index in [-0.39, 0.29) is 12.1 Å². The van der Waals surface area contributed by atoms with Crippen molar-refractivity contribution in [3.05, 3.63) is 99.5 Å². The van der Waals surface area contributed by atoms with Crippen LogP contribution in [0, 0.1) is 6.92 Å². The Bertz CT molecular complexity index is 875. The first kappa shape index (κ1) is 18.3. The molecule has 0 saturated carbocycles. The molecule has 0 radical (unpaired) electrons. The summed E-state index contributed by atoms with van der Waals surface area (Å²) in [6.45, 7) is 1.90. The van der Waals surface area contributed by atoms with Gasteiger partial charge in [-0.25, -0.2) is 4.79 Å². The highest BCUT2D eigenvalue weighted by atomic mass is 35.5. The number of carbonyl (C=O) groups is 1. The van der Waals surface area contributed by atoms with Gasteiger partial charge in [-0.2, -0.15) is 0 Å². The zero-order valence-corrected chi connectivity index (χ0v) is 15.7. The number of carbonyl (C=O) groups excluding carboxylic acids is 1. The summed E-state index contributed by atoms with van der Waals surface area (Å²) in [7, 11) is 0. The van der Waals surface area contributed by atoms with Crippen molar-refractivity contribution in [3.63, 3.8) is 0 Å². The van der Waals surface area contributed by atoms with Gasteiger partial charge in [0.2, 0.25) is 0 Å². The molecule has 1 atom stereocenters. The van der Waals surface area contributed by atoms with Gasteiger partial charge in [-0.3, -0.25) is 0 Å². The van der Waals surface area contributed by atoms with Crippen LogP contribution in [0.4, 0.5) is 10.5 Å². The number of para-hydroxylation sites is 1. The zero-order chi connectivity index (χ0) is 18.5. The lowest BCUT2D eigenvalue weighted by molar-refractivity contribution is 0.250. The van der Waals surface area contributed by atoms with Crippen LogP contribution in [0.5, 0.6) is 0 Å². The third-order valence-electron chi connectivity index (χ3n) is 4.07. The van der Waals surface area contributed by atoms with Gasteiger partial charge in [-0.15, -0.1) is 0 Å². The Balaban J connectivity index is 1.86. The highest BCUT2D eigenvalue weighted by Crippen LogP contribution is 2.27. The van der Waals surface area contributed by atoms with Gasteiger partial charge < -0.3 is 10.6 Å². The minimum Gasteiger partial charge on any atom is -0.327 e. The Labute approximate surface area is 163 Å². The maximum absolute atomic E-state index is 12.6. The molecule has 2 amide bonds. The smallest absolute Gasteiger partial charge is 0.320 e. The maximum Gasteiger partial charge on any atom is 0.320 e. The molecule has 3 nitrogen and oxygen atoms in total. The molecule has 3 rings (SSSR count). The summed E-state index contributed by atoms with van der Waals surface area (Å²) in [5.74, 6) is 0. The topological polar surface area (TPSA) is 41.1 Å². The molecule has 26 heavy (non-hydrogen) atoms. The number of aryl methyl sites for hydroxylation is 1. The number of rotatable bonds is 4. The number of amides is 2. The minimum absolute atomic E-state index is 0.309. The van der Waals surface area contributed by atoms with E-state index in [1.54, 1.807) is 6.07 Å². The molecule has 3 aromatic carbocycles. The van der Waals surface area contributed by atoms with Gasteiger partial charge in [0.15, 0.2) is 0 Å². The normalized spacial score (nSPS) is 11.7. The molecule has 5 heteroatoms. The summed E-state index contributed by atoms with van der Waals surface area (Å²) in [6.07, 6.45) is 0. The lowest BCUT2D eigenvalue weighted by Gasteiger charge is -2.21. The summed E-state index contributed by atoms with van der Waals surface area (Å²) in [6, 6.07) is 22.1. The average molecular weight is 385 g/mol. The second kappa shape index (κ2) is 8.26. The third-order valence-corrected chi connectivity index (χ3v) is 4.64. The zero-order valence-electron chi connectivity index (χ0n) is 14.2. The summed E-state index contributed by atoms with van der Waals surface area (Å²) >= 11 is 12.2. The molecular weight excluding hydrogens is 367 g/mol. The van der Waals surface area contributed by atoms with Gasteiger partial charge in [0.05, 0.1) is 16.8 Å². The van der Waals surface area contributed by atoms with Crippen LogP contribution >= 0.6 is 23.2 Å². The van der Waals surface area contributed by atoms with E-state index in [1.807, 2.05) is 73.7 Å². The van der Waals surface area contributed by atoms with E-state index in [4.69, 9.17) is 23.2 Å². The second-order valence-electron chi connectivity index (χ2n) is 5.93. The SMILES string of the molecule is Cc1cccc(Cl)c1NC(=O)NC(c1ccccc1)c1ccc(Cl)cc1. The number of halogens is 2. The Morgan fingerprint density at radius 3 is 2.15 bits per heavy atom. The van der Waals surface area contributed by atoms with Crippen molar-refractivity contribution in [2.24, 2.45) is 0 Å². The Morgan fingerprint density at radius 1 is 0.846 bits per heavy atom. The lowest BCUT2D eigenvalue weighted by atomic mass is 9.99. The Morgan fingerprint density at radius 2 is 1.50 bits per heavy atom. The van der Waals surface area contributed by atoms with Crippen molar-refractivity contribution in [1.82, 2.24) is 5.32 Å². The van der Waals surface area contributed by atoms with Crippen LogP contribution < -0.4 is 10.6 Å². The monoisotopic (exact) mass is 384 g/mol. The number of anilines is 1. The van der Waals surface area contributed by atoms with Crippen molar-refractivity contribution < 1.29 is 4.79 Å². The van der Waals surface area contributed by atoms with Crippen LogP contribution in [-0.4, -0.2) is 6.03 Å². The number of urea groups is 1. The highest BCUT2D eigenvalue weighted by Gasteiger charge is 2.18. The predicted molar refractivity (Wildman–Crippen MR) is 108 cm³/mol. The van der Waals surface area contributed by atoms with E-state index >= 15 is 0 Å². The Hall–Kier alpha value is -2.49. The van der Waals surface area contributed by atoms with Gasteiger partial charge in [0, 0.05) is 5.02 Å². The van der Waals surface area contributed by atoms with E-state index < -0.39 is 0 Å². The van der Waals surface area contributed by atoms with Crippen LogP contribution in [0.2, 0.25) is 10.0 Å². The van der Waals surface area contributed by atoms with Gasteiger partial charge in [0.1, 0.15) is 0 Å². The molecule has 0 heterocycles. The van der Waals surface area contributed by atoms with E-state index in [0.717, 1.165) is 16.7 Å². The van der Waals surface area contributed by atoms with Crippen LogP contribution in [0.1, 0.15) is 22.7 Å². The highest BCUT2D eigenvalue weighted by molar-refractivity contribution is 6.33. The van der Waals surface area contributed by atoms with Crippen molar-refractivity contribution in [2.45, 2.75) is 13.0 Å². The molecular formula is C21H18Cl2N2O. The summed E-state index contributed by atoms with van der Waals surface area (Å²) in [5, 5.41) is 7.02. The number of hydrogen-bond acceptors (Lipinski definition) is 1. The maximum atomic E-state index is 12.6. The summed E-state index contributed by atoms with van der Waals surface area (Å²) in [5.41, 5.74) is 3.41. The fraction of sp³-hybridized carbons (Fsp3) is 0.0952.